The van der Waals surface area contributed by atoms with Crippen LogP contribution in [0.5, 0.6) is 0 Å². The van der Waals surface area contributed by atoms with Gasteiger partial charge in [0.15, 0.2) is 0 Å². The molecule has 148 valence electrons. The molecule has 0 spiro atoms. The monoisotopic (exact) mass is 379 g/mol. The molecular weight excluding hydrogens is 350 g/mol. The van der Waals surface area contributed by atoms with E-state index in [2.05, 4.69) is 30.9 Å². The first kappa shape index (κ1) is 18.7. The van der Waals surface area contributed by atoms with Crippen LogP contribution in [0.4, 0.5) is 0 Å². The highest BCUT2D eigenvalue weighted by Crippen LogP contribution is 2.32. The van der Waals surface area contributed by atoms with Gasteiger partial charge in [0, 0.05) is 24.3 Å². The zero-order chi connectivity index (χ0) is 19.8. The molecule has 3 heterocycles. The van der Waals surface area contributed by atoms with Gasteiger partial charge in [-0.1, -0.05) is 26.0 Å². The second-order valence-corrected chi connectivity index (χ2v) is 8.29. The number of rotatable bonds is 5. The first-order valence-electron chi connectivity index (χ1n) is 10.2. The molecule has 1 aliphatic heterocycles. The summed E-state index contributed by atoms with van der Waals surface area (Å²) < 4.78 is 2.04. The predicted molar refractivity (Wildman–Crippen MR) is 110 cm³/mol. The summed E-state index contributed by atoms with van der Waals surface area (Å²) in [7, 11) is 0. The molecule has 28 heavy (non-hydrogen) atoms. The number of carbonyl (C=O) groups is 1. The van der Waals surface area contributed by atoms with E-state index in [1.54, 1.807) is 0 Å². The first-order valence-corrected chi connectivity index (χ1v) is 10.2. The van der Waals surface area contributed by atoms with E-state index in [1.165, 1.54) is 0 Å². The second-order valence-electron chi connectivity index (χ2n) is 8.29. The highest BCUT2D eigenvalue weighted by Gasteiger charge is 2.32. The minimum Gasteiger partial charge on any atom is -0.340 e. The van der Waals surface area contributed by atoms with Crippen molar-refractivity contribution >= 4 is 16.9 Å². The molecule has 1 amide bonds. The number of fused-ring (bicyclic) bond motifs is 1. The van der Waals surface area contributed by atoms with Crippen molar-refractivity contribution in [3.63, 3.8) is 0 Å². The van der Waals surface area contributed by atoms with Crippen LogP contribution in [-0.4, -0.2) is 37.1 Å². The quantitative estimate of drug-likeness (QED) is 0.730. The SMILES string of the molecule is Cc1nn(CC(C)C)c(C)c1CC(=O)N1CCCC1c1nc2ccccc2[nH]1. The van der Waals surface area contributed by atoms with E-state index in [-0.39, 0.29) is 11.9 Å². The molecule has 1 N–H and O–H groups in total. The molecule has 6 nitrogen and oxygen atoms in total. The van der Waals surface area contributed by atoms with Gasteiger partial charge in [-0.3, -0.25) is 9.48 Å². The van der Waals surface area contributed by atoms with E-state index in [9.17, 15) is 4.79 Å². The van der Waals surface area contributed by atoms with Crippen molar-refractivity contribution < 1.29 is 4.79 Å². The molecule has 1 unspecified atom stereocenters. The molecule has 2 aromatic heterocycles. The highest BCUT2D eigenvalue weighted by atomic mass is 16.2. The number of imidazole rings is 1. The zero-order valence-electron chi connectivity index (χ0n) is 17.2. The number of H-pyrrole nitrogens is 1. The minimum atomic E-state index is 0.0335. The van der Waals surface area contributed by atoms with E-state index < -0.39 is 0 Å². The van der Waals surface area contributed by atoms with Crippen LogP contribution < -0.4 is 0 Å². The number of amides is 1. The molecule has 1 aromatic carbocycles. The maximum atomic E-state index is 13.2. The van der Waals surface area contributed by atoms with Crippen LogP contribution in [0.3, 0.4) is 0 Å². The second kappa shape index (κ2) is 7.41. The Balaban J connectivity index is 1.55. The van der Waals surface area contributed by atoms with Crippen molar-refractivity contribution in [2.75, 3.05) is 6.54 Å². The fourth-order valence-corrected chi connectivity index (χ4v) is 4.25. The summed E-state index contributed by atoms with van der Waals surface area (Å²) in [4.78, 5) is 23.3. The third kappa shape index (κ3) is 3.43. The van der Waals surface area contributed by atoms with Crippen molar-refractivity contribution in [1.82, 2.24) is 24.6 Å². The number of aromatic nitrogens is 4. The fraction of sp³-hybridized carbons (Fsp3) is 0.500. The van der Waals surface area contributed by atoms with Gasteiger partial charge in [-0.25, -0.2) is 4.98 Å². The molecule has 1 saturated heterocycles. The smallest absolute Gasteiger partial charge is 0.227 e. The van der Waals surface area contributed by atoms with Gasteiger partial charge in [-0.05, 0) is 44.7 Å². The van der Waals surface area contributed by atoms with Crippen molar-refractivity contribution in [2.45, 2.75) is 59.5 Å². The van der Waals surface area contributed by atoms with E-state index in [0.29, 0.717) is 12.3 Å². The molecule has 0 radical (unpaired) electrons. The van der Waals surface area contributed by atoms with Crippen LogP contribution in [0.15, 0.2) is 24.3 Å². The third-order valence-electron chi connectivity index (χ3n) is 5.69. The largest absolute Gasteiger partial charge is 0.340 e. The van der Waals surface area contributed by atoms with Gasteiger partial charge in [0.1, 0.15) is 5.82 Å². The average Bonchev–Trinajstić information content (AvgIpc) is 3.35. The lowest BCUT2D eigenvalue weighted by Gasteiger charge is -2.23. The molecule has 1 fully saturated rings. The minimum absolute atomic E-state index is 0.0335. The number of benzene rings is 1. The van der Waals surface area contributed by atoms with Crippen LogP contribution in [-0.2, 0) is 17.8 Å². The number of hydrogen-bond donors (Lipinski definition) is 1. The van der Waals surface area contributed by atoms with Gasteiger partial charge in [0.25, 0.3) is 0 Å². The van der Waals surface area contributed by atoms with Crippen LogP contribution in [0.25, 0.3) is 11.0 Å². The Labute approximate surface area is 166 Å². The van der Waals surface area contributed by atoms with Crippen LogP contribution >= 0.6 is 0 Å². The number of hydrogen-bond acceptors (Lipinski definition) is 3. The topological polar surface area (TPSA) is 66.8 Å². The zero-order valence-corrected chi connectivity index (χ0v) is 17.2. The fourth-order valence-electron chi connectivity index (χ4n) is 4.25. The predicted octanol–water partition coefficient (Wildman–Crippen LogP) is 3.94. The normalized spacial score (nSPS) is 17.2. The number of nitrogens with zero attached hydrogens (tertiary/aromatic N) is 4. The van der Waals surface area contributed by atoms with E-state index >= 15 is 0 Å². The number of aromatic amines is 1. The Kier molecular flexibility index (Phi) is 4.96. The van der Waals surface area contributed by atoms with Crippen molar-refractivity contribution in [3.8, 4) is 0 Å². The lowest BCUT2D eigenvalue weighted by molar-refractivity contribution is -0.131. The maximum absolute atomic E-state index is 13.2. The maximum Gasteiger partial charge on any atom is 0.227 e. The molecule has 1 atom stereocenters. The van der Waals surface area contributed by atoms with E-state index in [1.807, 2.05) is 40.8 Å². The molecule has 0 bridgehead atoms. The summed E-state index contributed by atoms with van der Waals surface area (Å²) in [5.41, 5.74) is 5.13. The van der Waals surface area contributed by atoms with Gasteiger partial charge >= 0.3 is 0 Å². The summed E-state index contributed by atoms with van der Waals surface area (Å²) in [5.74, 6) is 1.59. The average molecular weight is 380 g/mol. The van der Waals surface area contributed by atoms with Gasteiger partial charge in [-0.2, -0.15) is 5.10 Å². The molecule has 4 rings (SSSR count). The number of nitrogens with one attached hydrogen (secondary N) is 1. The van der Waals surface area contributed by atoms with Crippen molar-refractivity contribution in [2.24, 2.45) is 5.92 Å². The Morgan fingerprint density at radius 2 is 2.07 bits per heavy atom. The van der Waals surface area contributed by atoms with Gasteiger partial charge in [0.2, 0.25) is 5.91 Å². The number of para-hydroxylation sites is 2. The van der Waals surface area contributed by atoms with E-state index in [0.717, 1.165) is 59.7 Å². The summed E-state index contributed by atoms with van der Waals surface area (Å²) in [6.45, 7) is 10.1. The van der Waals surface area contributed by atoms with Crippen LogP contribution in [0.1, 0.15) is 55.5 Å². The molecule has 1 aliphatic rings. The van der Waals surface area contributed by atoms with Crippen molar-refractivity contribution in [3.05, 3.63) is 47.0 Å². The Bertz CT molecular complexity index is 967. The number of likely N-dealkylation sites (tertiary alicyclic amines) is 1. The number of carbonyl (C=O) groups excluding carboxylic acids is 1. The van der Waals surface area contributed by atoms with E-state index in [4.69, 9.17) is 4.98 Å². The lowest BCUT2D eigenvalue weighted by Crippen LogP contribution is -2.32. The first-order chi connectivity index (χ1) is 13.4. The summed E-state index contributed by atoms with van der Waals surface area (Å²) in [6.07, 6.45) is 2.38. The summed E-state index contributed by atoms with van der Waals surface area (Å²) >= 11 is 0. The van der Waals surface area contributed by atoms with Crippen LogP contribution in [0, 0.1) is 19.8 Å². The standard InChI is InChI=1S/C22H29N5O/c1-14(2)13-27-16(4)17(15(3)25-27)12-21(28)26-11-7-10-20(26)22-23-18-8-5-6-9-19(18)24-22/h5-6,8-9,14,20H,7,10-13H2,1-4H3,(H,23,24). The Hall–Kier alpha value is -2.63. The van der Waals surface area contributed by atoms with Crippen LogP contribution in [0.2, 0.25) is 0 Å². The molecule has 6 heteroatoms. The summed E-state index contributed by atoms with van der Waals surface area (Å²) in [5, 5.41) is 4.66. The molecular formula is C22H29N5O. The summed E-state index contributed by atoms with van der Waals surface area (Å²) in [6, 6.07) is 8.06. The van der Waals surface area contributed by atoms with Crippen molar-refractivity contribution in [1.29, 1.82) is 0 Å². The molecule has 0 saturated carbocycles. The lowest BCUT2D eigenvalue weighted by atomic mass is 10.1. The van der Waals surface area contributed by atoms with Gasteiger partial charge in [0.05, 0.1) is 29.2 Å². The third-order valence-corrected chi connectivity index (χ3v) is 5.69. The van der Waals surface area contributed by atoms with Gasteiger partial charge < -0.3 is 9.88 Å². The molecule has 0 aliphatic carbocycles. The highest BCUT2D eigenvalue weighted by molar-refractivity contribution is 5.80. The Morgan fingerprint density at radius 1 is 1.29 bits per heavy atom. The van der Waals surface area contributed by atoms with Gasteiger partial charge in [-0.15, -0.1) is 0 Å². The molecule has 3 aromatic rings. The Morgan fingerprint density at radius 3 is 2.82 bits per heavy atom. The number of aryl methyl sites for hydroxylation is 1.